The van der Waals surface area contributed by atoms with Crippen LogP contribution in [-0.2, 0) is 11.2 Å². The molecule has 0 aliphatic carbocycles. The number of hydrogen-bond acceptors (Lipinski definition) is 6. The predicted octanol–water partition coefficient (Wildman–Crippen LogP) is 3.58. The van der Waals surface area contributed by atoms with E-state index in [0.717, 1.165) is 22.9 Å². The van der Waals surface area contributed by atoms with Crippen molar-refractivity contribution in [3.8, 4) is 5.75 Å². The molecule has 0 saturated carbocycles. The SMILES string of the molecule is COCCc1nsc(N[C@H]2CC(C)(C)Oc3ccc(F)cc32)n1. The molecule has 2 heterocycles. The first kappa shape index (κ1) is 16.1. The van der Waals surface area contributed by atoms with Crippen molar-refractivity contribution in [2.75, 3.05) is 19.0 Å². The van der Waals surface area contributed by atoms with E-state index in [0.29, 0.717) is 18.8 Å². The van der Waals surface area contributed by atoms with Crippen molar-refractivity contribution in [1.82, 2.24) is 9.36 Å². The van der Waals surface area contributed by atoms with E-state index < -0.39 is 0 Å². The molecule has 1 aromatic heterocycles. The third-order valence-corrected chi connectivity index (χ3v) is 4.41. The van der Waals surface area contributed by atoms with Crippen LogP contribution in [0, 0.1) is 5.82 Å². The fourth-order valence-electron chi connectivity index (χ4n) is 2.71. The second-order valence-electron chi connectivity index (χ2n) is 6.20. The maximum absolute atomic E-state index is 13.6. The minimum Gasteiger partial charge on any atom is -0.487 e. The van der Waals surface area contributed by atoms with Gasteiger partial charge in [0.15, 0.2) is 0 Å². The maximum atomic E-state index is 13.6. The Balaban J connectivity index is 1.82. The molecule has 7 heteroatoms. The fourth-order valence-corrected chi connectivity index (χ4v) is 3.38. The van der Waals surface area contributed by atoms with Gasteiger partial charge in [-0.05, 0) is 32.0 Å². The number of aromatic nitrogens is 2. The van der Waals surface area contributed by atoms with Gasteiger partial charge in [0.25, 0.3) is 0 Å². The first-order chi connectivity index (χ1) is 11.0. The first-order valence-corrected chi connectivity index (χ1v) is 8.31. The van der Waals surface area contributed by atoms with Gasteiger partial charge in [-0.1, -0.05) is 0 Å². The highest BCUT2D eigenvalue weighted by Crippen LogP contribution is 2.41. The number of methoxy groups -OCH3 is 1. The summed E-state index contributed by atoms with van der Waals surface area (Å²) in [6.07, 6.45) is 1.40. The zero-order valence-electron chi connectivity index (χ0n) is 13.4. The average Bonchev–Trinajstić information content (AvgIpc) is 2.92. The lowest BCUT2D eigenvalue weighted by molar-refractivity contribution is 0.0756. The molecule has 0 amide bonds. The quantitative estimate of drug-likeness (QED) is 0.904. The van der Waals surface area contributed by atoms with Gasteiger partial charge in [0.2, 0.25) is 5.13 Å². The Kier molecular flexibility index (Phi) is 4.50. The van der Waals surface area contributed by atoms with Gasteiger partial charge in [-0.15, -0.1) is 0 Å². The Hall–Kier alpha value is -1.73. The number of halogens is 1. The summed E-state index contributed by atoms with van der Waals surface area (Å²) in [6, 6.07) is 4.57. The van der Waals surface area contributed by atoms with Crippen LogP contribution in [0.25, 0.3) is 0 Å². The zero-order chi connectivity index (χ0) is 16.4. The highest BCUT2D eigenvalue weighted by molar-refractivity contribution is 7.09. The summed E-state index contributed by atoms with van der Waals surface area (Å²) in [6.45, 7) is 4.64. The van der Waals surface area contributed by atoms with E-state index in [1.807, 2.05) is 13.8 Å². The normalized spacial score (nSPS) is 19.0. The molecule has 3 rings (SSSR count). The molecule has 5 nitrogen and oxygen atoms in total. The number of nitrogens with zero attached hydrogens (tertiary/aromatic N) is 2. The molecule has 1 aliphatic heterocycles. The lowest BCUT2D eigenvalue weighted by Gasteiger charge is -2.37. The molecule has 1 aromatic carbocycles. The summed E-state index contributed by atoms with van der Waals surface area (Å²) in [4.78, 5) is 4.47. The topological polar surface area (TPSA) is 56.3 Å². The van der Waals surface area contributed by atoms with Gasteiger partial charge in [-0.3, -0.25) is 0 Å². The van der Waals surface area contributed by atoms with Gasteiger partial charge in [-0.2, -0.15) is 4.37 Å². The van der Waals surface area contributed by atoms with Crippen LogP contribution in [-0.4, -0.2) is 28.7 Å². The van der Waals surface area contributed by atoms with E-state index in [4.69, 9.17) is 9.47 Å². The molecule has 0 saturated heterocycles. The number of ether oxygens (including phenoxy) is 2. The van der Waals surface area contributed by atoms with Crippen molar-refractivity contribution in [1.29, 1.82) is 0 Å². The molecule has 0 radical (unpaired) electrons. The second-order valence-corrected chi connectivity index (χ2v) is 6.96. The number of anilines is 1. The summed E-state index contributed by atoms with van der Waals surface area (Å²) in [5.41, 5.74) is 0.490. The van der Waals surface area contributed by atoms with E-state index in [-0.39, 0.29) is 17.5 Å². The number of hydrogen-bond donors (Lipinski definition) is 1. The van der Waals surface area contributed by atoms with Gasteiger partial charge in [0.1, 0.15) is 23.0 Å². The van der Waals surface area contributed by atoms with E-state index >= 15 is 0 Å². The van der Waals surface area contributed by atoms with Crippen LogP contribution in [0.5, 0.6) is 5.75 Å². The van der Waals surface area contributed by atoms with Crippen LogP contribution in [0.2, 0.25) is 0 Å². The van der Waals surface area contributed by atoms with E-state index in [1.165, 1.54) is 23.7 Å². The zero-order valence-corrected chi connectivity index (χ0v) is 14.2. The summed E-state index contributed by atoms with van der Waals surface area (Å²) in [5, 5.41) is 4.10. The van der Waals surface area contributed by atoms with Crippen molar-refractivity contribution in [2.45, 2.75) is 38.3 Å². The van der Waals surface area contributed by atoms with Crippen LogP contribution in [0.3, 0.4) is 0 Å². The monoisotopic (exact) mass is 337 g/mol. The van der Waals surface area contributed by atoms with Crippen molar-refractivity contribution < 1.29 is 13.9 Å². The molecule has 1 aliphatic rings. The Morgan fingerprint density at radius 2 is 2.30 bits per heavy atom. The standard InChI is InChI=1S/C16H20FN3O2S/c1-16(2)9-12(11-8-10(17)4-5-13(11)22-16)18-15-19-14(20-23-15)6-7-21-3/h4-5,8,12H,6-7,9H2,1-3H3,(H,18,19,20)/t12-/m0/s1. The Morgan fingerprint density at radius 1 is 1.48 bits per heavy atom. The number of rotatable bonds is 5. The highest BCUT2D eigenvalue weighted by Gasteiger charge is 2.34. The minimum atomic E-state index is -0.327. The lowest BCUT2D eigenvalue weighted by atomic mass is 9.90. The smallest absolute Gasteiger partial charge is 0.203 e. The maximum Gasteiger partial charge on any atom is 0.203 e. The highest BCUT2D eigenvalue weighted by atomic mass is 32.1. The van der Waals surface area contributed by atoms with Crippen LogP contribution in [0.15, 0.2) is 18.2 Å². The molecule has 0 spiro atoms. The molecule has 124 valence electrons. The minimum absolute atomic E-state index is 0.0623. The van der Waals surface area contributed by atoms with Gasteiger partial charge < -0.3 is 14.8 Å². The van der Waals surface area contributed by atoms with E-state index in [9.17, 15) is 4.39 Å². The van der Waals surface area contributed by atoms with E-state index in [1.54, 1.807) is 13.2 Å². The first-order valence-electron chi connectivity index (χ1n) is 7.53. The second kappa shape index (κ2) is 6.41. The van der Waals surface area contributed by atoms with Crippen LogP contribution in [0.1, 0.15) is 37.7 Å². The molecule has 0 fully saturated rings. The third-order valence-electron chi connectivity index (χ3n) is 3.72. The van der Waals surface area contributed by atoms with Crippen molar-refractivity contribution in [3.05, 3.63) is 35.4 Å². The van der Waals surface area contributed by atoms with Gasteiger partial charge in [-0.25, -0.2) is 9.37 Å². The average molecular weight is 337 g/mol. The molecule has 1 N–H and O–H groups in total. The Bertz CT molecular complexity index is 690. The van der Waals surface area contributed by atoms with Crippen LogP contribution in [0.4, 0.5) is 9.52 Å². The Labute approximate surface area is 139 Å². The number of fused-ring (bicyclic) bond motifs is 1. The van der Waals surface area contributed by atoms with Crippen molar-refractivity contribution in [2.24, 2.45) is 0 Å². The summed E-state index contributed by atoms with van der Waals surface area (Å²) in [5.74, 6) is 1.20. The molecular weight excluding hydrogens is 317 g/mol. The van der Waals surface area contributed by atoms with E-state index in [2.05, 4.69) is 14.7 Å². The van der Waals surface area contributed by atoms with Gasteiger partial charge in [0, 0.05) is 37.0 Å². The summed E-state index contributed by atoms with van der Waals surface area (Å²) in [7, 11) is 1.65. The molecule has 1 atom stereocenters. The van der Waals surface area contributed by atoms with Gasteiger partial charge >= 0.3 is 0 Å². The summed E-state index contributed by atoms with van der Waals surface area (Å²) >= 11 is 1.31. The van der Waals surface area contributed by atoms with Crippen LogP contribution >= 0.6 is 11.5 Å². The molecular formula is C16H20FN3O2S. The van der Waals surface area contributed by atoms with Crippen molar-refractivity contribution >= 4 is 16.7 Å². The third kappa shape index (κ3) is 3.79. The molecule has 2 aromatic rings. The van der Waals surface area contributed by atoms with Crippen LogP contribution < -0.4 is 10.1 Å². The number of benzene rings is 1. The molecule has 0 bridgehead atoms. The van der Waals surface area contributed by atoms with Crippen molar-refractivity contribution in [3.63, 3.8) is 0 Å². The predicted molar refractivity (Wildman–Crippen MR) is 87.6 cm³/mol. The lowest BCUT2D eigenvalue weighted by Crippen LogP contribution is -2.37. The number of nitrogens with one attached hydrogen (secondary N) is 1. The summed E-state index contributed by atoms with van der Waals surface area (Å²) < 4.78 is 28.9. The Morgan fingerprint density at radius 3 is 3.09 bits per heavy atom. The molecule has 0 unspecified atom stereocenters. The fraction of sp³-hybridized carbons (Fsp3) is 0.500. The largest absolute Gasteiger partial charge is 0.487 e. The molecule has 23 heavy (non-hydrogen) atoms. The van der Waals surface area contributed by atoms with Gasteiger partial charge in [0.05, 0.1) is 12.6 Å².